The average Bonchev–Trinajstić information content (AvgIpc) is 3.19. The zero-order valence-electron chi connectivity index (χ0n) is 14.9. The highest BCUT2D eigenvalue weighted by molar-refractivity contribution is 5.94. The number of nitrogens with two attached hydrogens (primary N) is 1. The minimum absolute atomic E-state index is 0.0494. The number of ether oxygens (including phenoxy) is 2. The van der Waals surface area contributed by atoms with Crippen LogP contribution in [0.15, 0.2) is 24.3 Å². The first-order valence-electron chi connectivity index (χ1n) is 9.61. The lowest BCUT2D eigenvalue weighted by molar-refractivity contribution is 0.0679. The second-order valence-electron chi connectivity index (χ2n) is 7.18. The minimum atomic E-state index is -0.0494. The van der Waals surface area contributed by atoms with Crippen molar-refractivity contribution in [1.82, 2.24) is 5.32 Å². The predicted molar refractivity (Wildman–Crippen MR) is 97.8 cm³/mol. The molecule has 0 aromatic heterocycles. The molecule has 1 amide bonds. The molecule has 3 rings (SSSR count). The molecule has 1 aromatic rings. The standard InChI is InChI=1S/C20H30N2O3/c21-13-19(15-5-2-1-3-6-15)22-20(23)16-8-10-17(11-9-16)25-14-18-7-4-12-24-18/h8-11,15,18-19H,1-7,12-14,21H2,(H,22,23). The van der Waals surface area contributed by atoms with E-state index in [1.807, 2.05) is 24.3 Å². The first-order valence-corrected chi connectivity index (χ1v) is 9.61. The zero-order valence-corrected chi connectivity index (χ0v) is 14.9. The SMILES string of the molecule is NCC(NC(=O)c1ccc(OCC2CCCO2)cc1)C1CCCCC1. The Bertz CT molecular complexity index is 534. The maximum atomic E-state index is 12.5. The largest absolute Gasteiger partial charge is 0.491 e. The molecule has 1 aliphatic carbocycles. The molecule has 25 heavy (non-hydrogen) atoms. The molecule has 2 fully saturated rings. The van der Waals surface area contributed by atoms with Crippen molar-refractivity contribution in [2.45, 2.75) is 57.1 Å². The summed E-state index contributed by atoms with van der Waals surface area (Å²) in [4.78, 5) is 12.5. The van der Waals surface area contributed by atoms with Crippen molar-refractivity contribution in [2.75, 3.05) is 19.8 Å². The first-order chi connectivity index (χ1) is 12.3. The van der Waals surface area contributed by atoms with Gasteiger partial charge in [0.1, 0.15) is 12.4 Å². The van der Waals surface area contributed by atoms with Gasteiger partial charge < -0.3 is 20.5 Å². The van der Waals surface area contributed by atoms with Gasteiger partial charge in [-0.3, -0.25) is 4.79 Å². The number of rotatable bonds is 7. The summed E-state index contributed by atoms with van der Waals surface area (Å²) >= 11 is 0. The summed E-state index contributed by atoms with van der Waals surface area (Å²) in [7, 11) is 0. The third kappa shape index (κ3) is 5.19. The highest BCUT2D eigenvalue weighted by atomic mass is 16.5. The molecule has 2 aliphatic rings. The number of nitrogens with one attached hydrogen (secondary N) is 1. The van der Waals surface area contributed by atoms with Crippen LogP contribution in [0.5, 0.6) is 5.75 Å². The second-order valence-corrected chi connectivity index (χ2v) is 7.18. The van der Waals surface area contributed by atoms with Gasteiger partial charge in [-0.25, -0.2) is 0 Å². The van der Waals surface area contributed by atoms with Gasteiger partial charge in [-0.1, -0.05) is 19.3 Å². The fourth-order valence-corrected chi connectivity index (χ4v) is 3.82. The van der Waals surface area contributed by atoms with Crippen molar-refractivity contribution < 1.29 is 14.3 Å². The average molecular weight is 346 g/mol. The van der Waals surface area contributed by atoms with Gasteiger partial charge in [0.25, 0.3) is 5.91 Å². The topological polar surface area (TPSA) is 73.6 Å². The van der Waals surface area contributed by atoms with Crippen LogP contribution in [-0.2, 0) is 4.74 Å². The van der Waals surface area contributed by atoms with E-state index in [0.29, 0.717) is 24.6 Å². The molecule has 1 saturated carbocycles. The van der Waals surface area contributed by atoms with Crippen molar-refractivity contribution in [3.8, 4) is 5.75 Å². The highest BCUT2D eigenvalue weighted by Gasteiger charge is 2.24. The van der Waals surface area contributed by atoms with Crippen molar-refractivity contribution in [3.05, 3.63) is 29.8 Å². The second kappa shape index (κ2) is 9.20. The zero-order chi connectivity index (χ0) is 17.5. The summed E-state index contributed by atoms with van der Waals surface area (Å²) in [5.41, 5.74) is 6.56. The Morgan fingerprint density at radius 2 is 1.92 bits per heavy atom. The Hall–Kier alpha value is -1.59. The monoisotopic (exact) mass is 346 g/mol. The van der Waals surface area contributed by atoms with Crippen molar-refractivity contribution in [1.29, 1.82) is 0 Å². The lowest BCUT2D eigenvalue weighted by Crippen LogP contribution is -2.45. The molecule has 5 heteroatoms. The number of amides is 1. The summed E-state index contributed by atoms with van der Waals surface area (Å²) < 4.78 is 11.3. The summed E-state index contributed by atoms with van der Waals surface area (Å²) in [6.07, 6.45) is 8.48. The van der Waals surface area contributed by atoms with E-state index in [1.165, 1.54) is 19.3 Å². The molecule has 1 heterocycles. The maximum absolute atomic E-state index is 12.5. The summed E-state index contributed by atoms with van der Waals surface area (Å²) in [5, 5.41) is 3.12. The fourth-order valence-electron chi connectivity index (χ4n) is 3.82. The van der Waals surface area contributed by atoms with Crippen LogP contribution >= 0.6 is 0 Å². The van der Waals surface area contributed by atoms with Crippen LogP contribution in [0, 0.1) is 5.92 Å². The molecule has 3 N–H and O–H groups in total. The fraction of sp³-hybridized carbons (Fsp3) is 0.650. The third-order valence-corrected chi connectivity index (χ3v) is 5.37. The van der Waals surface area contributed by atoms with Crippen LogP contribution < -0.4 is 15.8 Å². The third-order valence-electron chi connectivity index (χ3n) is 5.37. The molecule has 5 nitrogen and oxygen atoms in total. The smallest absolute Gasteiger partial charge is 0.251 e. The van der Waals surface area contributed by atoms with Gasteiger partial charge >= 0.3 is 0 Å². The number of hydrogen-bond acceptors (Lipinski definition) is 4. The van der Waals surface area contributed by atoms with Crippen LogP contribution in [0.4, 0.5) is 0 Å². The lowest BCUT2D eigenvalue weighted by Gasteiger charge is -2.30. The summed E-state index contributed by atoms with van der Waals surface area (Å²) in [5.74, 6) is 1.23. The van der Waals surface area contributed by atoms with E-state index in [4.69, 9.17) is 15.2 Å². The van der Waals surface area contributed by atoms with Crippen LogP contribution in [0.3, 0.4) is 0 Å². The predicted octanol–water partition coefficient (Wildman–Crippen LogP) is 2.88. The van der Waals surface area contributed by atoms with E-state index in [0.717, 1.165) is 38.0 Å². The molecule has 0 spiro atoms. The molecule has 1 aromatic carbocycles. The quantitative estimate of drug-likeness (QED) is 0.796. The Kier molecular flexibility index (Phi) is 6.70. The molecular formula is C20H30N2O3. The van der Waals surface area contributed by atoms with E-state index in [-0.39, 0.29) is 18.1 Å². The molecular weight excluding hydrogens is 316 g/mol. The van der Waals surface area contributed by atoms with Gasteiger partial charge in [0.2, 0.25) is 0 Å². The van der Waals surface area contributed by atoms with E-state index >= 15 is 0 Å². The normalized spacial score (nSPS) is 22.5. The lowest BCUT2D eigenvalue weighted by atomic mass is 9.84. The number of benzene rings is 1. The Labute approximate surface area is 150 Å². The first kappa shape index (κ1) is 18.2. The van der Waals surface area contributed by atoms with Crippen molar-refractivity contribution in [3.63, 3.8) is 0 Å². The van der Waals surface area contributed by atoms with Gasteiger partial charge in [0.05, 0.1) is 6.10 Å². The van der Waals surface area contributed by atoms with E-state index in [9.17, 15) is 4.79 Å². The summed E-state index contributed by atoms with van der Waals surface area (Å²) in [6.45, 7) is 1.90. The van der Waals surface area contributed by atoms with Crippen molar-refractivity contribution in [2.24, 2.45) is 11.7 Å². The molecule has 1 saturated heterocycles. The number of carbonyl (C=O) groups is 1. The van der Waals surface area contributed by atoms with Crippen molar-refractivity contribution >= 4 is 5.91 Å². The molecule has 0 radical (unpaired) electrons. The van der Waals surface area contributed by atoms with Crippen LogP contribution in [0.2, 0.25) is 0 Å². The number of hydrogen-bond donors (Lipinski definition) is 2. The van der Waals surface area contributed by atoms with Gasteiger partial charge in [-0.15, -0.1) is 0 Å². The Morgan fingerprint density at radius 1 is 1.16 bits per heavy atom. The highest BCUT2D eigenvalue weighted by Crippen LogP contribution is 2.26. The summed E-state index contributed by atoms with van der Waals surface area (Å²) in [6, 6.07) is 7.40. The Balaban J connectivity index is 1.50. The molecule has 138 valence electrons. The van der Waals surface area contributed by atoms with Gasteiger partial charge in [-0.2, -0.15) is 0 Å². The van der Waals surface area contributed by atoms with Crippen LogP contribution in [0.1, 0.15) is 55.3 Å². The molecule has 2 atom stereocenters. The van der Waals surface area contributed by atoms with E-state index < -0.39 is 0 Å². The van der Waals surface area contributed by atoms with Gasteiger partial charge in [0.15, 0.2) is 0 Å². The van der Waals surface area contributed by atoms with Crippen LogP contribution in [0.25, 0.3) is 0 Å². The van der Waals surface area contributed by atoms with Gasteiger partial charge in [0, 0.05) is 24.8 Å². The molecule has 0 bridgehead atoms. The molecule has 1 aliphatic heterocycles. The van der Waals surface area contributed by atoms with E-state index in [2.05, 4.69) is 5.32 Å². The number of carbonyl (C=O) groups excluding carboxylic acids is 1. The van der Waals surface area contributed by atoms with Gasteiger partial charge in [-0.05, 0) is 55.9 Å². The molecule has 2 unspecified atom stereocenters. The minimum Gasteiger partial charge on any atom is -0.491 e. The van der Waals surface area contributed by atoms with Crippen LogP contribution in [-0.4, -0.2) is 37.8 Å². The van der Waals surface area contributed by atoms with E-state index in [1.54, 1.807) is 0 Å². The maximum Gasteiger partial charge on any atom is 0.251 e. The Morgan fingerprint density at radius 3 is 2.56 bits per heavy atom.